The lowest BCUT2D eigenvalue weighted by molar-refractivity contribution is 0.205. The van der Waals surface area contributed by atoms with Crippen LogP contribution in [0.5, 0.6) is 11.5 Å². The highest BCUT2D eigenvalue weighted by Crippen LogP contribution is 2.42. The highest BCUT2D eigenvalue weighted by atomic mass is 16.5. The quantitative estimate of drug-likeness (QED) is 0.946. The van der Waals surface area contributed by atoms with Crippen LogP contribution in [0.3, 0.4) is 0 Å². The summed E-state index contributed by atoms with van der Waals surface area (Å²) in [6.45, 7) is 3.42. The fourth-order valence-electron chi connectivity index (χ4n) is 2.96. The van der Waals surface area contributed by atoms with E-state index in [2.05, 4.69) is 43.1 Å². The third-order valence-electron chi connectivity index (χ3n) is 4.15. The van der Waals surface area contributed by atoms with E-state index in [1.807, 2.05) is 12.1 Å². The van der Waals surface area contributed by atoms with Gasteiger partial charge in [0.2, 0.25) is 0 Å². The molecule has 2 aromatic carbocycles. The maximum absolute atomic E-state index is 6.15. The zero-order chi connectivity index (χ0) is 15.7. The van der Waals surface area contributed by atoms with Crippen molar-refractivity contribution in [2.45, 2.75) is 13.0 Å². The third kappa shape index (κ3) is 2.50. The average molecular weight is 298 g/mol. The molecule has 0 saturated carbocycles. The van der Waals surface area contributed by atoms with Crippen molar-refractivity contribution >= 4 is 5.69 Å². The van der Waals surface area contributed by atoms with Crippen LogP contribution in [0.15, 0.2) is 36.4 Å². The molecule has 0 spiro atoms. The second-order valence-electron chi connectivity index (χ2n) is 5.69. The van der Waals surface area contributed by atoms with Crippen LogP contribution in [0, 0.1) is 6.92 Å². The lowest BCUT2D eigenvalue weighted by atomic mass is 9.97. The zero-order valence-electron chi connectivity index (χ0n) is 13.3. The number of ether oxygens (including phenoxy) is 2. The summed E-state index contributed by atoms with van der Waals surface area (Å²) in [5.74, 6) is 1.78. The minimum absolute atomic E-state index is 0.0252. The molecule has 2 N–H and O–H groups in total. The smallest absolute Gasteiger partial charge is 0.151 e. The molecule has 4 heteroatoms. The first kappa shape index (κ1) is 14.7. The van der Waals surface area contributed by atoms with Gasteiger partial charge in [-0.25, -0.2) is 0 Å². The molecule has 0 fully saturated rings. The monoisotopic (exact) mass is 298 g/mol. The number of fused-ring (bicyclic) bond motifs is 1. The minimum atomic E-state index is 0.0252. The maximum Gasteiger partial charge on any atom is 0.151 e. The number of rotatable bonds is 3. The molecule has 0 radical (unpaired) electrons. The predicted octanol–water partition coefficient (Wildman–Crippen LogP) is 2.83. The Labute approximate surface area is 131 Å². The Hall–Kier alpha value is -2.20. The van der Waals surface area contributed by atoms with Crippen molar-refractivity contribution in [3.8, 4) is 22.6 Å². The van der Waals surface area contributed by atoms with Crippen molar-refractivity contribution in [1.29, 1.82) is 0 Å². The normalized spacial score (nSPS) is 16.9. The first-order valence-electron chi connectivity index (χ1n) is 7.50. The number of nitrogens with two attached hydrogens (primary N) is 1. The molecule has 0 amide bonds. The zero-order valence-corrected chi connectivity index (χ0v) is 13.3. The standard InChI is InChI=1S/C18H22N2O2/c1-12-9-13(21-3)7-8-15(12)16-5-4-6-17-18(16)22-14(10-19)11-20(17)2/h4-9,14H,10-11,19H2,1-3H3/t14-/m1/s1. The molecule has 0 saturated heterocycles. The first-order valence-corrected chi connectivity index (χ1v) is 7.50. The lowest BCUT2D eigenvalue weighted by Gasteiger charge is -2.34. The molecule has 1 atom stereocenters. The van der Waals surface area contributed by atoms with E-state index in [4.69, 9.17) is 15.2 Å². The van der Waals surface area contributed by atoms with Gasteiger partial charge in [0.05, 0.1) is 19.3 Å². The SMILES string of the molecule is COc1ccc(-c2cccc3c2O[C@H](CN)CN3C)c(C)c1. The van der Waals surface area contributed by atoms with Crippen LogP contribution in [0.4, 0.5) is 5.69 Å². The summed E-state index contributed by atoms with van der Waals surface area (Å²) < 4.78 is 11.4. The van der Waals surface area contributed by atoms with Gasteiger partial charge >= 0.3 is 0 Å². The molecule has 116 valence electrons. The number of aryl methyl sites for hydroxylation is 1. The van der Waals surface area contributed by atoms with E-state index in [1.54, 1.807) is 7.11 Å². The molecular formula is C18H22N2O2. The van der Waals surface area contributed by atoms with Crippen LogP contribution in [-0.2, 0) is 0 Å². The topological polar surface area (TPSA) is 47.7 Å². The molecule has 0 aliphatic carbocycles. The van der Waals surface area contributed by atoms with Crippen molar-refractivity contribution in [2.75, 3.05) is 32.1 Å². The van der Waals surface area contributed by atoms with Crippen molar-refractivity contribution in [1.82, 2.24) is 0 Å². The van der Waals surface area contributed by atoms with E-state index in [9.17, 15) is 0 Å². The minimum Gasteiger partial charge on any atom is -0.497 e. The van der Waals surface area contributed by atoms with Gasteiger partial charge in [0, 0.05) is 19.2 Å². The lowest BCUT2D eigenvalue weighted by Crippen LogP contribution is -2.42. The van der Waals surface area contributed by atoms with E-state index in [0.29, 0.717) is 6.54 Å². The van der Waals surface area contributed by atoms with E-state index >= 15 is 0 Å². The molecular weight excluding hydrogens is 276 g/mol. The predicted molar refractivity (Wildman–Crippen MR) is 89.9 cm³/mol. The summed E-state index contributed by atoms with van der Waals surface area (Å²) in [7, 11) is 3.76. The fourth-order valence-corrected chi connectivity index (χ4v) is 2.96. The van der Waals surface area contributed by atoms with E-state index < -0.39 is 0 Å². The van der Waals surface area contributed by atoms with Gasteiger partial charge in [0.25, 0.3) is 0 Å². The molecule has 0 aromatic heterocycles. The van der Waals surface area contributed by atoms with Crippen molar-refractivity contribution in [3.05, 3.63) is 42.0 Å². The van der Waals surface area contributed by atoms with Crippen LogP contribution in [0.1, 0.15) is 5.56 Å². The molecule has 22 heavy (non-hydrogen) atoms. The van der Waals surface area contributed by atoms with Gasteiger partial charge in [-0.05, 0) is 36.2 Å². The Balaban J connectivity index is 2.11. The van der Waals surface area contributed by atoms with Crippen LogP contribution in [0.2, 0.25) is 0 Å². The number of hydrogen-bond acceptors (Lipinski definition) is 4. The van der Waals surface area contributed by atoms with E-state index in [0.717, 1.165) is 40.4 Å². The number of anilines is 1. The average Bonchev–Trinajstić information content (AvgIpc) is 2.54. The van der Waals surface area contributed by atoms with E-state index in [1.165, 1.54) is 0 Å². The van der Waals surface area contributed by atoms with Crippen molar-refractivity contribution in [2.24, 2.45) is 5.73 Å². The number of methoxy groups -OCH3 is 1. The summed E-state index contributed by atoms with van der Waals surface area (Å²) in [4.78, 5) is 2.21. The highest BCUT2D eigenvalue weighted by Gasteiger charge is 2.25. The van der Waals surface area contributed by atoms with Gasteiger partial charge in [-0.3, -0.25) is 0 Å². The van der Waals surface area contributed by atoms with Crippen LogP contribution >= 0.6 is 0 Å². The summed E-state index contributed by atoms with van der Waals surface area (Å²) in [5.41, 5.74) is 10.3. The van der Waals surface area contributed by atoms with Gasteiger partial charge in [-0.1, -0.05) is 18.2 Å². The highest BCUT2D eigenvalue weighted by molar-refractivity contribution is 5.81. The summed E-state index contributed by atoms with van der Waals surface area (Å²) in [5, 5.41) is 0. The maximum atomic E-state index is 6.15. The second kappa shape index (κ2) is 5.89. The molecule has 1 heterocycles. The van der Waals surface area contributed by atoms with Crippen LogP contribution < -0.4 is 20.1 Å². The van der Waals surface area contributed by atoms with Gasteiger partial charge in [-0.2, -0.15) is 0 Å². The van der Waals surface area contributed by atoms with Crippen molar-refractivity contribution < 1.29 is 9.47 Å². The molecule has 4 nitrogen and oxygen atoms in total. The first-order chi connectivity index (χ1) is 10.6. The number of para-hydroxylation sites is 1. The fraction of sp³-hybridized carbons (Fsp3) is 0.333. The Bertz CT molecular complexity index is 685. The van der Waals surface area contributed by atoms with Crippen LogP contribution in [0.25, 0.3) is 11.1 Å². The van der Waals surface area contributed by atoms with Crippen molar-refractivity contribution in [3.63, 3.8) is 0 Å². The Morgan fingerprint density at radius 2 is 2.09 bits per heavy atom. The van der Waals surface area contributed by atoms with E-state index in [-0.39, 0.29) is 6.10 Å². The number of hydrogen-bond donors (Lipinski definition) is 1. The van der Waals surface area contributed by atoms with Gasteiger partial charge < -0.3 is 20.1 Å². The summed E-state index contributed by atoms with van der Waals surface area (Å²) >= 11 is 0. The second-order valence-corrected chi connectivity index (χ2v) is 5.69. The molecule has 3 rings (SSSR count). The Morgan fingerprint density at radius 3 is 2.77 bits per heavy atom. The molecule has 0 bridgehead atoms. The van der Waals surface area contributed by atoms with Crippen LogP contribution in [-0.4, -0.2) is 33.4 Å². The number of nitrogens with zero attached hydrogens (tertiary/aromatic N) is 1. The number of likely N-dealkylation sites (N-methyl/N-ethyl adjacent to an activating group) is 1. The third-order valence-corrected chi connectivity index (χ3v) is 4.15. The summed E-state index contributed by atoms with van der Waals surface area (Å²) in [6.07, 6.45) is 0.0252. The largest absolute Gasteiger partial charge is 0.497 e. The molecule has 1 aliphatic rings. The Kier molecular flexibility index (Phi) is 3.94. The van der Waals surface area contributed by atoms with Gasteiger partial charge in [0.1, 0.15) is 11.9 Å². The van der Waals surface area contributed by atoms with Gasteiger partial charge in [0.15, 0.2) is 5.75 Å². The Morgan fingerprint density at radius 1 is 1.27 bits per heavy atom. The van der Waals surface area contributed by atoms with Gasteiger partial charge in [-0.15, -0.1) is 0 Å². The molecule has 2 aromatic rings. The summed E-state index contributed by atoms with van der Waals surface area (Å²) in [6, 6.07) is 12.4. The number of benzene rings is 2. The molecule has 1 aliphatic heterocycles. The molecule has 0 unspecified atom stereocenters.